The maximum absolute atomic E-state index is 9.97. The summed E-state index contributed by atoms with van der Waals surface area (Å²) in [5, 5.41) is 11.4. The molecule has 1 heterocycles. The fourth-order valence-corrected chi connectivity index (χ4v) is 2.32. The van der Waals surface area contributed by atoms with E-state index in [9.17, 15) is 5.11 Å². The number of aryl methyl sites for hydroxylation is 1. The van der Waals surface area contributed by atoms with Gasteiger partial charge in [-0.1, -0.05) is 23.7 Å². The monoisotopic (exact) mass is 284 g/mol. The number of hydrogen-bond acceptors (Lipinski definition) is 2. The molecule has 0 amide bonds. The zero-order chi connectivity index (χ0) is 14.1. The number of fused-ring (bicyclic) bond motifs is 1. The maximum Gasteiger partial charge on any atom is 0.198 e. The number of nitrogens with one attached hydrogen (secondary N) is 1. The number of benzene rings is 2. The Morgan fingerprint density at radius 1 is 1.20 bits per heavy atom. The number of nitrogens with zero attached hydrogens (tertiary/aromatic N) is 1. The molecule has 0 saturated carbocycles. The second kappa shape index (κ2) is 5.02. The molecule has 4 heteroatoms. The molecule has 0 fully saturated rings. The molecule has 100 valence electrons. The molecule has 2 aromatic carbocycles. The number of aromatic nitrogens is 1. The van der Waals surface area contributed by atoms with Crippen molar-refractivity contribution in [3.8, 4) is 5.88 Å². The number of H-pyrrole nitrogens is 1. The van der Waals surface area contributed by atoms with Gasteiger partial charge in [0.25, 0.3) is 0 Å². The molecule has 0 saturated heterocycles. The van der Waals surface area contributed by atoms with Crippen LogP contribution in [0.1, 0.15) is 11.1 Å². The molecule has 0 spiro atoms. The third kappa shape index (κ3) is 2.40. The first-order valence-electron chi connectivity index (χ1n) is 6.24. The molecule has 0 aliphatic heterocycles. The number of halogens is 1. The van der Waals surface area contributed by atoms with Crippen molar-refractivity contribution < 1.29 is 5.11 Å². The largest absolute Gasteiger partial charge is 0.494 e. The van der Waals surface area contributed by atoms with Crippen LogP contribution in [0.25, 0.3) is 10.9 Å². The maximum atomic E-state index is 9.97. The van der Waals surface area contributed by atoms with E-state index in [1.165, 1.54) is 0 Å². The molecule has 0 aliphatic carbocycles. The molecule has 0 bridgehead atoms. The highest BCUT2D eigenvalue weighted by atomic mass is 35.5. The van der Waals surface area contributed by atoms with Crippen molar-refractivity contribution in [1.82, 2.24) is 4.98 Å². The van der Waals surface area contributed by atoms with Crippen LogP contribution in [0.15, 0.2) is 47.5 Å². The van der Waals surface area contributed by atoms with E-state index >= 15 is 0 Å². The Labute approximate surface area is 121 Å². The van der Waals surface area contributed by atoms with E-state index in [0.29, 0.717) is 10.6 Å². The van der Waals surface area contributed by atoms with Crippen molar-refractivity contribution in [3.63, 3.8) is 0 Å². The van der Waals surface area contributed by atoms with E-state index in [-0.39, 0.29) is 5.88 Å². The Bertz CT molecular complexity index is 805. The fourth-order valence-electron chi connectivity index (χ4n) is 2.15. The molecule has 3 aromatic rings. The summed E-state index contributed by atoms with van der Waals surface area (Å²) in [5.41, 5.74) is 3.47. The SMILES string of the molecule is Cc1cccc(N=Cc2c(O)[nH]c3ccc(Cl)cc23)c1. The lowest BCUT2D eigenvalue weighted by molar-refractivity contribution is 0.457. The molecular formula is C16H13ClN2O. The first-order valence-corrected chi connectivity index (χ1v) is 6.62. The van der Waals surface area contributed by atoms with Crippen molar-refractivity contribution in [1.29, 1.82) is 0 Å². The highest BCUT2D eigenvalue weighted by molar-refractivity contribution is 6.31. The van der Waals surface area contributed by atoms with Gasteiger partial charge < -0.3 is 10.1 Å². The molecule has 1 aromatic heterocycles. The number of aliphatic imine (C=N–C) groups is 1. The van der Waals surface area contributed by atoms with Crippen LogP contribution in [-0.4, -0.2) is 16.3 Å². The lowest BCUT2D eigenvalue weighted by Crippen LogP contribution is -1.79. The molecule has 0 aliphatic rings. The third-order valence-electron chi connectivity index (χ3n) is 3.12. The Kier molecular flexibility index (Phi) is 3.20. The predicted molar refractivity (Wildman–Crippen MR) is 83.4 cm³/mol. The minimum absolute atomic E-state index is 0.0960. The average Bonchev–Trinajstić information content (AvgIpc) is 2.72. The van der Waals surface area contributed by atoms with Gasteiger partial charge in [0.1, 0.15) is 0 Å². The van der Waals surface area contributed by atoms with Crippen molar-refractivity contribution in [2.24, 2.45) is 4.99 Å². The zero-order valence-corrected chi connectivity index (χ0v) is 11.6. The van der Waals surface area contributed by atoms with E-state index in [1.807, 2.05) is 43.3 Å². The van der Waals surface area contributed by atoms with Gasteiger partial charge in [0.05, 0.1) is 11.3 Å². The lowest BCUT2D eigenvalue weighted by Gasteiger charge is -1.96. The van der Waals surface area contributed by atoms with Gasteiger partial charge in [-0.2, -0.15) is 0 Å². The van der Waals surface area contributed by atoms with Crippen LogP contribution in [0.5, 0.6) is 5.88 Å². The average molecular weight is 285 g/mol. The first kappa shape index (κ1) is 12.8. The van der Waals surface area contributed by atoms with Crippen LogP contribution in [-0.2, 0) is 0 Å². The molecule has 20 heavy (non-hydrogen) atoms. The number of aromatic hydroxyl groups is 1. The lowest BCUT2D eigenvalue weighted by atomic mass is 10.2. The quantitative estimate of drug-likeness (QED) is 0.665. The summed E-state index contributed by atoms with van der Waals surface area (Å²) >= 11 is 6.00. The van der Waals surface area contributed by atoms with Crippen LogP contribution in [0.2, 0.25) is 5.02 Å². The van der Waals surface area contributed by atoms with Gasteiger partial charge in [0.15, 0.2) is 5.88 Å². The van der Waals surface area contributed by atoms with E-state index in [4.69, 9.17) is 11.6 Å². The van der Waals surface area contributed by atoms with Crippen LogP contribution in [0, 0.1) is 6.92 Å². The summed E-state index contributed by atoms with van der Waals surface area (Å²) < 4.78 is 0. The van der Waals surface area contributed by atoms with E-state index in [0.717, 1.165) is 22.2 Å². The van der Waals surface area contributed by atoms with E-state index in [2.05, 4.69) is 9.98 Å². The summed E-state index contributed by atoms with van der Waals surface area (Å²) in [6.45, 7) is 2.02. The van der Waals surface area contributed by atoms with Crippen LogP contribution >= 0.6 is 11.6 Å². The standard InChI is InChI=1S/C16H13ClN2O/c1-10-3-2-4-12(7-10)18-9-14-13-8-11(17)5-6-15(13)19-16(14)20/h2-9,19-20H,1H3. The summed E-state index contributed by atoms with van der Waals surface area (Å²) in [5.74, 6) is 0.0960. The fraction of sp³-hybridized carbons (Fsp3) is 0.0625. The van der Waals surface area contributed by atoms with Gasteiger partial charge >= 0.3 is 0 Å². The number of aromatic amines is 1. The highest BCUT2D eigenvalue weighted by Gasteiger charge is 2.09. The van der Waals surface area contributed by atoms with E-state index < -0.39 is 0 Å². The summed E-state index contributed by atoms with van der Waals surface area (Å²) in [6, 6.07) is 13.3. The molecule has 0 unspecified atom stereocenters. The van der Waals surface area contributed by atoms with E-state index in [1.54, 1.807) is 12.3 Å². The summed E-state index contributed by atoms with van der Waals surface area (Å²) in [4.78, 5) is 7.31. The molecular weight excluding hydrogens is 272 g/mol. The van der Waals surface area contributed by atoms with Crippen molar-refractivity contribution in [2.75, 3.05) is 0 Å². The predicted octanol–water partition coefficient (Wildman–Crippen LogP) is 4.59. The Balaban J connectivity index is 2.06. The Morgan fingerprint density at radius 2 is 2.05 bits per heavy atom. The first-order chi connectivity index (χ1) is 9.63. The highest BCUT2D eigenvalue weighted by Crippen LogP contribution is 2.28. The van der Waals surface area contributed by atoms with Gasteiger partial charge in [0.2, 0.25) is 0 Å². The minimum atomic E-state index is 0.0960. The minimum Gasteiger partial charge on any atom is -0.494 e. The summed E-state index contributed by atoms with van der Waals surface area (Å²) in [7, 11) is 0. The summed E-state index contributed by atoms with van der Waals surface area (Å²) in [6.07, 6.45) is 1.65. The topological polar surface area (TPSA) is 48.4 Å². The molecule has 0 radical (unpaired) electrons. The van der Waals surface area contributed by atoms with Gasteiger partial charge in [-0.3, -0.25) is 4.99 Å². The van der Waals surface area contributed by atoms with Gasteiger partial charge in [-0.15, -0.1) is 0 Å². The van der Waals surface area contributed by atoms with Gasteiger partial charge in [-0.25, -0.2) is 0 Å². The van der Waals surface area contributed by atoms with Gasteiger partial charge in [-0.05, 0) is 42.8 Å². The number of rotatable bonds is 2. The Hall–Kier alpha value is -2.26. The van der Waals surface area contributed by atoms with Crippen molar-refractivity contribution >= 4 is 34.4 Å². The number of hydrogen-bond donors (Lipinski definition) is 2. The molecule has 3 rings (SSSR count). The smallest absolute Gasteiger partial charge is 0.198 e. The van der Waals surface area contributed by atoms with Gasteiger partial charge in [0, 0.05) is 22.1 Å². The molecule has 2 N–H and O–H groups in total. The second-order valence-corrected chi connectivity index (χ2v) is 5.11. The molecule has 0 atom stereocenters. The van der Waals surface area contributed by atoms with Crippen LogP contribution in [0.3, 0.4) is 0 Å². The third-order valence-corrected chi connectivity index (χ3v) is 3.36. The zero-order valence-electron chi connectivity index (χ0n) is 10.9. The van der Waals surface area contributed by atoms with Crippen LogP contribution in [0.4, 0.5) is 5.69 Å². The molecule has 3 nitrogen and oxygen atoms in total. The van der Waals surface area contributed by atoms with Crippen molar-refractivity contribution in [2.45, 2.75) is 6.92 Å². The normalized spacial score (nSPS) is 11.5. The van der Waals surface area contributed by atoms with Crippen molar-refractivity contribution in [3.05, 3.63) is 58.6 Å². The van der Waals surface area contributed by atoms with Crippen LogP contribution < -0.4 is 0 Å². The second-order valence-electron chi connectivity index (χ2n) is 4.67. The Morgan fingerprint density at radius 3 is 2.85 bits per heavy atom.